The minimum Gasteiger partial charge on any atom is -0.346 e. The van der Waals surface area contributed by atoms with E-state index in [0.717, 1.165) is 50.4 Å². The summed E-state index contributed by atoms with van der Waals surface area (Å²) in [7, 11) is 0. The van der Waals surface area contributed by atoms with Gasteiger partial charge in [0.15, 0.2) is 11.3 Å². The van der Waals surface area contributed by atoms with E-state index in [1.807, 2.05) is 31.2 Å². The van der Waals surface area contributed by atoms with Crippen molar-refractivity contribution in [2.24, 2.45) is 11.8 Å². The summed E-state index contributed by atoms with van der Waals surface area (Å²) in [5.41, 5.74) is 4.85. The van der Waals surface area contributed by atoms with Crippen molar-refractivity contribution in [2.75, 3.05) is 26.2 Å². The first kappa shape index (κ1) is 43.0. The SMILES string of the molecule is Cc1cc(F)ccc1-c1ncc2c(=O)[nH]c(C3CN(Cc4ccccc4)CC3C)nn12.Cc1cc(F)ccc1C(=O)NCc1nnc(C2CN(Cc3ccccc3)CC2C)[nH]c1=O. The van der Waals surface area contributed by atoms with E-state index in [0.29, 0.717) is 46.0 Å². The molecule has 63 heavy (non-hydrogen) atoms. The highest BCUT2D eigenvalue weighted by Gasteiger charge is 2.34. The number of carbonyl (C=O) groups is 1. The van der Waals surface area contributed by atoms with Crippen LogP contribution in [-0.2, 0) is 19.6 Å². The molecule has 0 radical (unpaired) electrons. The lowest BCUT2D eigenvalue weighted by atomic mass is 9.97. The van der Waals surface area contributed by atoms with Crippen LogP contribution in [0.25, 0.3) is 16.9 Å². The lowest BCUT2D eigenvalue weighted by Crippen LogP contribution is -2.30. The number of amides is 1. The Kier molecular flexibility index (Phi) is 12.8. The first-order chi connectivity index (χ1) is 30.4. The first-order valence-electron chi connectivity index (χ1n) is 21.2. The predicted octanol–water partition coefficient (Wildman–Crippen LogP) is 6.55. The van der Waals surface area contributed by atoms with Crippen LogP contribution in [0.2, 0.25) is 0 Å². The fourth-order valence-corrected chi connectivity index (χ4v) is 8.73. The second-order valence-electron chi connectivity index (χ2n) is 16.8. The molecule has 4 atom stereocenters. The lowest BCUT2D eigenvalue weighted by molar-refractivity contribution is 0.0949. The Morgan fingerprint density at radius 2 is 1.29 bits per heavy atom. The van der Waals surface area contributed by atoms with Crippen molar-refractivity contribution in [1.82, 2.24) is 49.9 Å². The second-order valence-corrected chi connectivity index (χ2v) is 16.8. The maximum atomic E-state index is 13.6. The molecule has 13 nitrogen and oxygen atoms in total. The van der Waals surface area contributed by atoms with Crippen LogP contribution in [-0.4, -0.2) is 76.6 Å². The zero-order chi connectivity index (χ0) is 44.2. The summed E-state index contributed by atoms with van der Waals surface area (Å²) in [6.07, 6.45) is 1.52. The van der Waals surface area contributed by atoms with Gasteiger partial charge in [-0.1, -0.05) is 74.5 Å². The highest BCUT2D eigenvalue weighted by atomic mass is 19.1. The van der Waals surface area contributed by atoms with Crippen molar-refractivity contribution in [1.29, 1.82) is 0 Å². The molecule has 0 spiro atoms. The number of hydrogen-bond acceptors (Lipinski definition) is 9. The van der Waals surface area contributed by atoms with Crippen molar-refractivity contribution in [3.05, 3.63) is 181 Å². The number of imidazole rings is 1. The van der Waals surface area contributed by atoms with Crippen LogP contribution in [0.4, 0.5) is 8.78 Å². The van der Waals surface area contributed by atoms with Gasteiger partial charge in [-0.2, -0.15) is 5.10 Å². The number of rotatable bonds is 10. The molecular formula is C48H50F2N10O3. The Morgan fingerprint density at radius 1 is 0.714 bits per heavy atom. The summed E-state index contributed by atoms with van der Waals surface area (Å²) >= 11 is 0. The van der Waals surface area contributed by atoms with Gasteiger partial charge in [-0.05, 0) is 84.3 Å². The molecule has 2 fully saturated rings. The van der Waals surface area contributed by atoms with Crippen molar-refractivity contribution in [2.45, 2.75) is 59.2 Å². The molecule has 3 N–H and O–H groups in total. The van der Waals surface area contributed by atoms with Crippen LogP contribution in [0.1, 0.15) is 75.6 Å². The molecule has 9 rings (SSSR count). The summed E-state index contributed by atoms with van der Waals surface area (Å²) < 4.78 is 28.4. The van der Waals surface area contributed by atoms with E-state index in [-0.39, 0.29) is 41.0 Å². The fraction of sp³-hybridized carbons (Fsp3) is 0.312. The molecule has 1 amide bonds. The molecule has 324 valence electrons. The van der Waals surface area contributed by atoms with Gasteiger partial charge in [-0.3, -0.25) is 24.2 Å². The minimum atomic E-state index is -0.402. The van der Waals surface area contributed by atoms with Crippen molar-refractivity contribution >= 4 is 11.4 Å². The smallest absolute Gasteiger partial charge is 0.276 e. The van der Waals surface area contributed by atoms with Crippen molar-refractivity contribution < 1.29 is 13.6 Å². The van der Waals surface area contributed by atoms with Crippen LogP contribution in [0.15, 0.2) is 113 Å². The third-order valence-corrected chi connectivity index (χ3v) is 12.1. The average molecular weight is 853 g/mol. The van der Waals surface area contributed by atoms with Gasteiger partial charge in [-0.15, -0.1) is 10.2 Å². The quantitative estimate of drug-likeness (QED) is 0.139. The van der Waals surface area contributed by atoms with E-state index >= 15 is 0 Å². The van der Waals surface area contributed by atoms with E-state index in [1.54, 1.807) is 17.5 Å². The van der Waals surface area contributed by atoms with E-state index in [1.165, 1.54) is 47.7 Å². The maximum absolute atomic E-state index is 13.6. The van der Waals surface area contributed by atoms with E-state index < -0.39 is 11.7 Å². The van der Waals surface area contributed by atoms with Gasteiger partial charge in [0.2, 0.25) is 0 Å². The number of H-pyrrole nitrogens is 2. The Hall–Kier alpha value is -6.71. The number of nitrogens with one attached hydrogen (secondary N) is 3. The lowest BCUT2D eigenvalue weighted by Gasteiger charge is -2.16. The van der Waals surface area contributed by atoms with E-state index in [9.17, 15) is 23.2 Å². The number of aryl methyl sites for hydroxylation is 2. The fourth-order valence-electron chi connectivity index (χ4n) is 8.73. The largest absolute Gasteiger partial charge is 0.346 e. The number of halogens is 2. The Morgan fingerprint density at radius 3 is 1.87 bits per heavy atom. The zero-order valence-corrected chi connectivity index (χ0v) is 35.7. The minimum absolute atomic E-state index is 0.0569. The predicted molar refractivity (Wildman–Crippen MR) is 236 cm³/mol. The van der Waals surface area contributed by atoms with E-state index in [4.69, 9.17) is 5.10 Å². The van der Waals surface area contributed by atoms with Gasteiger partial charge in [0, 0.05) is 62.2 Å². The van der Waals surface area contributed by atoms with Crippen LogP contribution in [0, 0.1) is 37.3 Å². The molecule has 2 saturated heterocycles. The van der Waals surface area contributed by atoms with Gasteiger partial charge in [0.05, 0.1) is 12.7 Å². The van der Waals surface area contributed by atoms with Gasteiger partial charge in [-0.25, -0.2) is 18.3 Å². The molecule has 0 bridgehead atoms. The molecular weight excluding hydrogens is 803 g/mol. The normalized spacial score (nSPS) is 19.0. The standard InChI is InChI=1S/C24H26FN5O2.C24H24FN5O/c1-15-10-18(25)8-9-19(15)23(31)26-11-21-24(32)27-22(29-28-21)20-14-30(12-16(20)2)13-17-6-4-3-5-7-17;1-15-10-18(25)8-9-19(15)23-26-11-21-24(31)27-22(28-30(21)23)20-14-29(12-16(20)2)13-17-6-4-3-5-7-17/h3-10,16,20H,11-14H2,1-2H3,(H,26,31)(H,27,29,32);3-11,16,20H,12-14H2,1-2H3,(H,27,28,31). The number of likely N-dealkylation sites (tertiary alicyclic amines) is 2. The molecule has 15 heteroatoms. The molecule has 7 aromatic rings. The van der Waals surface area contributed by atoms with Gasteiger partial charge in [0.25, 0.3) is 17.0 Å². The summed E-state index contributed by atoms with van der Waals surface area (Å²) in [6, 6.07) is 29.2. The molecule has 3 aromatic heterocycles. The number of fused-ring (bicyclic) bond motifs is 1. The molecule has 0 saturated carbocycles. The Balaban J connectivity index is 0.000000173. The van der Waals surface area contributed by atoms with Crippen LogP contribution < -0.4 is 16.4 Å². The third-order valence-electron chi connectivity index (χ3n) is 12.1. The van der Waals surface area contributed by atoms with Crippen LogP contribution in [0.5, 0.6) is 0 Å². The first-order valence-corrected chi connectivity index (χ1v) is 21.2. The second kappa shape index (κ2) is 18.7. The van der Waals surface area contributed by atoms with Crippen LogP contribution in [0.3, 0.4) is 0 Å². The summed E-state index contributed by atoms with van der Waals surface area (Å²) in [4.78, 5) is 52.7. The number of hydrogen-bond donors (Lipinski definition) is 3. The molecule has 2 aliphatic heterocycles. The number of nitrogens with zero attached hydrogens (tertiary/aromatic N) is 7. The van der Waals surface area contributed by atoms with Gasteiger partial charge >= 0.3 is 0 Å². The monoisotopic (exact) mass is 852 g/mol. The molecule has 5 heterocycles. The maximum Gasteiger partial charge on any atom is 0.276 e. The molecule has 2 aliphatic rings. The van der Waals surface area contributed by atoms with Crippen LogP contribution >= 0.6 is 0 Å². The van der Waals surface area contributed by atoms with Crippen molar-refractivity contribution in [3.63, 3.8) is 0 Å². The zero-order valence-electron chi connectivity index (χ0n) is 35.7. The highest BCUT2D eigenvalue weighted by Crippen LogP contribution is 2.32. The van der Waals surface area contributed by atoms with E-state index in [2.05, 4.69) is 90.5 Å². The summed E-state index contributed by atoms with van der Waals surface area (Å²) in [5, 5.41) is 15.8. The molecule has 4 unspecified atom stereocenters. The Bertz CT molecular complexity index is 2850. The highest BCUT2D eigenvalue weighted by molar-refractivity contribution is 5.95. The average Bonchev–Trinajstić information content (AvgIpc) is 3.97. The molecule has 0 aliphatic carbocycles. The number of aromatic amines is 2. The topological polar surface area (TPSA) is 157 Å². The third kappa shape index (κ3) is 9.84. The number of benzene rings is 4. The number of carbonyl (C=O) groups excluding carboxylic acids is 1. The van der Waals surface area contributed by atoms with Gasteiger partial charge < -0.3 is 15.3 Å². The summed E-state index contributed by atoms with van der Waals surface area (Å²) in [5.74, 6) is 1.57. The molecule has 4 aromatic carbocycles. The number of aromatic nitrogens is 7. The van der Waals surface area contributed by atoms with Crippen molar-refractivity contribution in [3.8, 4) is 11.4 Å². The Labute approximate surface area is 363 Å². The van der Waals surface area contributed by atoms with Gasteiger partial charge in [0.1, 0.15) is 29.0 Å². The summed E-state index contributed by atoms with van der Waals surface area (Å²) in [6.45, 7) is 13.0.